The second-order valence-electron chi connectivity index (χ2n) is 6.59. The number of fused-ring (bicyclic) bond motifs is 1. The number of carbonyl (C=O) groups is 1. The van der Waals surface area contributed by atoms with Crippen LogP contribution in [-0.2, 0) is 14.6 Å². The molecule has 1 unspecified atom stereocenters. The molecular weight excluding hydrogens is 368 g/mol. The SMILES string of the molecule is O=C(CC1CCS(=O)(=O)C1)Nc1cccc(-c2nc3ccccc3s2)c1. The first kappa shape index (κ1) is 17.2. The molecule has 0 radical (unpaired) electrons. The fraction of sp³-hybridized carbons (Fsp3) is 0.263. The molecule has 1 aromatic heterocycles. The number of nitrogens with zero attached hydrogens (tertiary/aromatic N) is 1. The van der Waals surface area contributed by atoms with Gasteiger partial charge in [0.15, 0.2) is 9.84 Å². The quantitative estimate of drug-likeness (QED) is 0.741. The molecule has 1 amide bonds. The summed E-state index contributed by atoms with van der Waals surface area (Å²) >= 11 is 1.61. The first-order chi connectivity index (χ1) is 12.5. The molecule has 26 heavy (non-hydrogen) atoms. The summed E-state index contributed by atoms with van der Waals surface area (Å²) in [5.74, 6) is 0.0884. The monoisotopic (exact) mass is 386 g/mol. The van der Waals surface area contributed by atoms with Crippen LogP contribution in [0.15, 0.2) is 48.5 Å². The lowest BCUT2D eigenvalue weighted by atomic mass is 10.0. The number of para-hydroxylation sites is 1. The zero-order chi connectivity index (χ0) is 18.1. The first-order valence-electron chi connectivity index (χ1n) is 8.45. The zero-order valence-corrected chi connectivity index (χ0v) is 15.6. The third-order valence-electron chi connectivity index (χ3n) is 4.49. The number of benzene rings is 2. The predicted molar refractivity (Wildman–Crippen MR) is 105 cm³/mol. The maximum absolute atomic E-state index is 12.2. The highest BCUT2D eigenvalue weighted by atomic mass is 32.2. The van der Waals surface area contributed by atoms with Crippen molar-refractivity contribution in [3.63, 3.8) is 0 Å². The molecular formula is C19H18N2O3S2. The van der Waals surface area contributed by atoms with Gasteiger partial charge in [0.2, 0.25) is 5.91 Å². The van der Waals surface area contributed by atoms with Crippen LogP contribution in [0.5, 0.6) is 0 Å². The van der Waals surface area contributed by atoms with Crippen LogP contribution in [0.3, 0.4) is 0 Å². The minimum absolute atomic E-state index is 0.0764. The van der Waals surface area contributed by atoms with E-state index in [2.05, 4.69) is 10.3 Å². The van der Waals surface area contributed by atoms with Gasteiger partial charge in [-0.2, -0.15) is 0 Å². The zero-order valence-electron chi connectivity index (χ0n) is 14.0. The van der Waals surface area contributed by atoms with Crippen LogP contribution >= 0.6 is 11.3 Å². The van der Waals surface area contributed by atoms with E-state index in [9.17, 15) is 13.2 Å². The molecule has 1 N–H and O–H groups in total. The van der Waals surface area contributed by atoms with Crippen LogP contribution in [-0.4, -0.2) is 30.8 Å². The summed E-state index contributed by atoms with van der Waals surface area (Å²) in [5.41, 5.74) is 2.62. The van der Waals surface area contributed by atoms with Gasteiger partial charge in [-0.1, -0.05) is 24.3 Å². The Balaban J connectivity index is 1.48. The fourth-order valence-electron chi connectivity index (χ4n) is 3.23. The van der Waals surface area contributed by atoms with E-state index in [1.807, 2.05) is 48.5 Å². The van der Waals surface area contributed by atoms with Crippen molar-refractivity contribution in [2.24, 2.45) is 5.92 Å². The number of sulfone groups is 1. The van der Waals surface area contributed by atoms with Gasteiger partial charge in [-0.05, 0) is 36.6 Å². The van der Waals surface area contributed by atoms with Gasteiger partial charge >= 0.3 is 0 Å². The number of amides is 1. The summed E-state index contributed by atoms with van der Waals surface area (Å²) in [4.78, 5) is 16.9. The molecule has 1 aliphatic rings. The van der Waals surface area contributed by atoms with Crippen LogP contribution < -0.4 is 5.32 Å². The smallest absolute Gasteiger partial charge is 0.224 e. The molecule has 2 aromatic carbocycles. The van der Waals surface area contributed by atoms with Gasteiger partial charge in [0.05, 0.1) is 21.7 Å². The fourth-order valence-corrected chi connectivity index (χ4v) is 6.06. The second kappa shape index (κ2) is 6.81. The Labute approximate surface area is 156 Å². The maximum atomic E-state index is 12.2. The molecule has 4 rings (SSSR count). The minimum Gasteiger partial charge on any atom is -0.326 e. The number of aromatic nitrogens is 1. The van der Waals surface area contributed by atoms with E-state index in [1.165, 1.54) is 0 Å². The molecule has 5 nitrogen and oxygen atoms in total. The van der Waals surface area contributed by atoms with Gasteiger partial charge in [0.25, 0.3) is 0 Å². The van der Waals surface area contributed by atoms with Crippen molar-refractivity contribution in [1.82, 2.24) is 4.98 Å². The van der Waals surface area contributed by atoms with Gasteiger partial charge in [-0.15, -0.1) is 11.3 Å². The largest absolute Gasteiger partial charge is 0.326 e. The average molecular weight is 386 g/mol. The van der Waals surface area contributed by atoms with E-state index < -0.39 is 9.84 Å². The summed E-state index contributed by atoms with van der Waals surface area (Å²) in [7, 11) is -2.96. The Morgan fingerprint density at radius 3 is 2.81 bits per heavy atom. The number of hydrogen-bond acceptors (Lipinski definition) is 5. The van der Waals surface area contributed by atoms with E-state index >= 15 is 0 Å². The van der Waals surface area contributed by atoms with Gasteiger partial charge in [0.1, 0.15) is 5.01 Å². The summed E-state index contributed by atoms with van der Waals surface area (Å²) in [5, 5.41) is 3.79. The molecule has 1 aliphatic heterocycles. The lowest BCUT2D eigenvalue weighted by molar-refractivity contribution is -0.116. The highest BCUT2D eigenvalue weighted by molar-refractivity contribution is 7.91. The Bertz CT molecular complexity index is 1040. The van der Waals surface area contributed by atoms with Gasteiger partial charge in [-0.25, -0.2) is 13.4 Å². The summed E-state index contributed by atoms with van der Waals surface area (Å²) < 4.78 is 24.2. The van der Waals surface area contributed by atoms with Crippen molar-refractivity contribution in [2.45, 2.75) is 12.8 Å². The van der Waals surface area contributed by atoms with Crippen LogP contribution in [0, 0.1) is 5.92 Å². The lowest BCUT2D eigenvalue weighted by Crippen LogP contribution is -2.17. The normalized spacial score (nSPS) is 18.8. The highest BCUT2D eigenvalue weighted by Crippen LogP contribution is 2.31. The maximum Gasteiger partial charge on any atom is 0.224 e. The Hall–Kier alpha value is -2.25. The van der Waals surface area contributed by atoms with Crippen LogP contribution in [0.2, 0.25) is 0 Å². The Kier molecular flexibility index (Phi) is 4.50. The van der Waals surface area contributed by atoms with Crippen molar-refractivity contribution >= 4 is 43.0 Å². The predicted octanol–water partition coefficient (Wildman–Crippen LogP) is 3.73. The Morgan fingerprint density at radius 1 is 1.19 bits per heavy atom. The summed E-state index contributed by atoms with van der Waals surface area (Å²) in [6.07, 6.45) is 0.812. The van der Waals surface area contributed by atoms with E-state index in [-0.39, 0.29) is 29.8 Å². The number of anilines is 1. The van der Waals surface area contributed by atoms with Crippen molar-refractivity contribution < 1.29 is 13.2 Å². The number of rotatable bonds is 4. The summed E-state index contributed by atoms with van der Waals surface area (Å²) in [6.45, 7) is 0. The van der Waals surface area contributed by atoms with Crippen molar-refractivity contribution in [3.8, 4) is 10.6 Å². The number of carbonyl (C=O) groups excluding carboxylic acids is 1. The molecule has 0 aliphatic carbocycles. The van der Waals surface area contributed by atoms with Crippen LogP contribution in [0.1, 0.15) is 12.8 Å². The molecule has 2 heterocycles. The van der Waals surface area contributed by atoms with Crippen LogP contribution in [0.25, 0.3) is 20.8 Å². The third kappa shape index (κ3) is 3.78. The number of nitrogens with one attached hydrogen (secondary N) is 1. The topological polar surface area (TPSA) is 76.1 Å². The van der Waals surface area contributed by atoms with Crippen molar-refractivity contribution in [2.75, 3.05) is 16.8 Å². The molecule has 1 atom stereocenters. The molecule has 0 saturated carbocycles. The van der Waals surface area contributed by atoms with Gasteiger partial charge in [0, 0.05) is 17.7 Å². The number of hydrogen-bond donors (Lipinski definition) is 1. The lowest BCUT2D eigenvalue weighted by Gasteiger charge is -2.09. The van der Waals surface area contributed by atoms with Crippen molar-refractivity contribution in [3.05, 3.63) is 48.5 Å². The number of thiazole rings is 1. The van der Waals surface area contributed by atoms with Crippen LogP contribution in [0.4, 0.5) is 5.69 Å². The third-order valence-corrected chi connectivity index (χ3v) is 7.41. The van der Waals surface area contributed by atoms with E-state index in [1.54, 1.807) is 11.3 Å². The average Bonchev–Trinajstić information content (AvgIpc) is 3.18. The molecule has 1 saturated heterocycles. The summed E-state index contributed by atoms with van der Waals surface area (Å²) in [6, 6.07) is 15.6. The molecule has 1 fully saturated rings. The molecule has 0 bridgehead atoms. The molecule has 3 aromatic rings. The van der Waals surface area contributed by atoms with Crippen molar-refractivity contribution in [1.29, 1.82) is 0 Å². The standard InChI is InChI=1S/C19H18N2O3S2/c22-18(10-13-8-9-26(23,24)12-13)20-15-5-3-4-14(11-15)19-21-16-6-1-2-7-17(16)25-19/h1-7,11,13H,8-10,12H2,(H,20,22). The van der Waals surface area contributed by atoms with Gasteiger partial charge in [-0.3, -0.25) is 4.79 Å². The molecule has 7 heteroatoms. The van der Waals surface area contributed by atoms with E-state index in [4.69, 9.17) is 0 Å². The highest BCUT2D eigenvalue weighted by Gasteiger charge is 2.29. The molecule has 0 spiro atoms. The van der Waals surface area contributed by atoms with Gasteiger partial charge < -0.3 is 5.32 Å². The minimum atomic E-state index is -2.96. The van der Waals surface area contributed by atoms with E-state index in [0.29, 0.717) is 12.1 Å². The first-order valence-corrected chi connectivity index (χ1v) is 11.1. The second-order valence-corrected chi connectivity index (χ2v) is 9.85. The molecule has 134 valence electrons. The van der Waals surface area contributed by atoms with E-state index in [0.717, 1.165) is 20.8 Å². The Morgan fingerprint density at radius 2 is 2.04 bits per heavy atom.